The van der Waals surface area contributed by atoms with Crippen molar-refractivity contribution < 1.29 is 17.7 Å². The van der Waals surface area contributed by atoms with Crippen molar-refractivity contribution in [3.05, 3.63) is 64.5 Å². The smallest absolute Gasteiger partial charge is 0.265 e. The Bertz CT molecular complexity index is 892. The molecule has 2 aromatic carbocycles. The number of nitro groups is 1. The molecule has 0 aliphatic carbocycles. The summed E-state index contributed by atoms with van der Waals surface area (Å²) >= 11 is 0. The fraction of sp³-hybridized carbons (Fsp3) is 0.133. The average molecular weight is 349 g/mol. The van der Waals surface area contributed by atoms with E-state index in [9.17, 15) is 22.9 Å². The molecule has 24 heavy (non-hydrogen) atoms. The first-order valence-electron chi connectivity index (χ1n) is 6.76. The van der Waals surface area contributed by atoms with Gasteiger partial charge in [0, 0.05) is 18.7 Å². The van der Waals surface area contributed by atoms with Crippen LogP contribution in [0, 0.1) is 27.3 Å². The van der Waals surface area contributed by atoms with Crippen LogP contribution in [0.2, 0.25) is 0 Å². The van der Waals surface area contributed by atoms with Crippen LogP contribution in [0.15, 0.2) is 53.4 Å². The molecule has 7 nitrogen and oxygen atoms in total. The largest absolute Gasteiger partial charge is 0.270 e. The van der Waals surface area contributed by atoms with E-state index >= 15 is 0 Å². The Labute approximate surface area is 137 Å². The molecule has 124 valence electrons. The van der Waals surface area contributed by atoms with Crippen LogP contribution in [0.4, 0.5) is 15.8 Å². The predicted octanol–water partition coefficient (Wildman–Crippen LogP) is 2.84. The number of benzene rings is 2. The molecule has 0 spiro atoms. The highest BCUT2D eigenvalue weighted by atomic mass is 32.2. The number of nitriles is 1. The van der Waals surface area contributed by atoms with Gasteiger partial charge in [-0.05, 0) is 30.3 Å². The summed E-state index contributed by atoms with van der Waals surface area (Å²) in [6.07, 6.45) is -0.0917. The van der Waals surface area contributed by atoms with Crippen LogP contribution in [-0.4, -0.2) is 19.9 Å². The summed E-state index contributed by atoms with van der Waals surface area (Å²) in [5.41, 5.74) is -0.200. The lowest BCUT2D eigenvalue weighted by Gasteiger charge is -2.23. The Morgan fingerprint density at radius 1 is 1.21 bits per heavy atom. The van der Waals surface area contributed by atoms with Crippen molar-refractivity contribution in [3.8, 4) is 6.07 Å². The SMILES string of the molecule is N#CCCN(c1ccc(F)cc1)S(=O)(=O)c1cccc([N+](=O)[O-])c1. The zero-order valence-electron chi connectivity index (χ0n) is 12.3. The summed E-state index contributed by atoms with van der Waals surface area (Å²) in [6, 6.07) is 11.2. The summed E-state index contributed by atoms with van der Waals surface area (Å²) in [5.74, 6) is -0.535. The second kappa shape index (κ2) is 7.06. The molecular weight excluding hydrogens is 337 g/mol. The summed E-state index contributed by atoms with van der Waals surface area (Å²) < 4.78 is 39.6. The highest BCUT2D eigenvalue weighted by Crippen LogP contribution is 2.26. The van der Waals surface area contributed by atoms with E-state index in [1.54, 1.807) is 0 Å². The normalized spacial score (nSPS) is 10.8. The van der Waals surface area contributed by atoms with Gasteiger partial charge in [-0.25, -0.2) is 12.8 Å². The minimum Gasteiger partial charge on any atom is -0.265 e. The second-order valence-electron chi connectivity index (χ2n) is 4.72. The van der Waals surface area contributed by atoms with Gasteiger partial charge in [0.15, 0.2) is 0 Å². The molecule has 0 aliphatic heterocycles. The molecule has 0 fully saturated rings. The van der Waals surface area contributed by atoms with Crippen LogP contribution in [0.3, 0.4) is 0 Å². The average Bonchev–Trinajstić information content (AvgIpc) is 2.56. The Morgan fingerprint density at radius 3 is 2.46 bits per heavy atom. The van der Waals surface area contributed by atoms with E-state index in [1.165, 1.54) is 30.3 Å². The summed E-state index contributed by atoms with van der Waals surface area (Å²) in [5, 5.41) is 19.6. The molecule has 2 aromatic rings. The van der Waals surface area contributed by atoms with E-state index in [1.807, 2.05) is 6.07 Å². The quantitative estimate of drug-likeness (QED) is 0.589. The Balaban J connectivity index is 2.51. The van der Waals surface area contributed by atoms with E-state index in [4.69, 9.17) is 5.26 Å². The number of rotatable bonds is 6. The predicted molar refractivity (Wildman–Crippen MR) is 84.3 cm³/mol. The standard InChI is InChI=1S/C15H12FN3O4S/c16-12-5-7-13(8-6-12)18(10-2-9-17)24(22,23)15-4-1-3-14(11-15)19(20)21/h1,3-8,11H,2,10H2. The number of hydrogen-bond acceptors (Lipinski definition) is 5. The maximum Gasteiger partial charge on any atom is 0.270 e. The van der Waals surface area contributed by atoms with Gasteiger partial charge in [0.1, 0.15) is 5.82 Å². The number of non-ortho nitro benzene ring substituents is 1. The molecule has 2 rings (SSSR count). The van der Waals surface area contributed by atoms with Crippen molar-refractivity contribution in [2.75, 3.05) is 10.8 Å². The molecule has 0 aromatic heterocycles. The molecular formula is C15H12FN3O4S. The highest BCUT2D eigenvalue weighted by molar-refractivity contribution is 7.92. The van der Waals surface area contributed by atoms with Crippen molar-refractivity contribution in [2.24, 2.45) is 0 Å². The zero-order valence-corrected chi connectivity index (χ0v) is 13.1. The van der Waals surface area contributed by atoms with Crippen LogP contribution in [-0.2, 0) is 10.0 Å². The van der Waals surface area contributed by atoms with Gasteiger partial charge in [0.2, 0.25) is 0 Å². The first-order chi connectivity index (χ1) is 11.4. The summed E-state index contributed by atoms with van der Waals surface area (Å²) in [6.45, 7) is -0.160. The number of anilines is 1. The Hall–Kier alpha value is -2.99. The first kappa shape index (κ1) is 17.4. The fourth-order valence-corrected chi connectivity index (χ4v) is 3.54. The number of halogens is 1. The van der Waals surface area contributed by atoms with Crippen LogP contribution in [0.1, 0.15) is 6.42 Å². The van der Waals surface area contributed by atoms with Gasteiger partial charge in [0.25, 0.3) is 15.7 Å². The maximum absolute atomic E-state index is 13.1. The van der Waals surface area contributed by atoms with Crippen molar-refractivity contribution in [1.82, 2.24) is 0 Å². The maximum atomic E-state index is 13.1. The molecule has 0 N–H and O–H groups in total. The van der Waals surface area contributed by atoms with Gasteiger partial charge in [-0.3, -0.25) is 14.4 Å². The van der Waals surface area contributed by atoms with Crippen molar-refractivity contribution in [3.63, 3.8) is 0 Å². The van der Waals surface area contributed by atoms with Crippen molar-refractivity contribution in [2.45, 2.75) is 11.3 Å². The minimum absolute atomic E-state index is 0.0917. The van der Waals surface area contributed by atoms with Gasteiger partial charge in [-0.1, -0.05) is 6.07 Å². The third-order valence-corrected chi connectivity index (χ3v) is 4.98. The van der Waals surface area contributed by atoms with Crippen molar-refractivity contribution >= 4 is 21.4 Å². The summed E-state index contributed by atoms with van der Waals surface area (Å²) in [7, 11) is -4.14. The molecule has 0 radical (unpaired) electrons. The molecule has 0 aliphatic rings. The fourth-order valence-electron chi connectivity index (χ4n) is 2.03. The van der Waals surface area contributed by atoms with Gasteiger partial charge < -0.3 is 0 Å². The van der Waals surface area contributed by atoms with E-state index < -0.39 is 20.8 Å². The minimum atomic E-state index is -4.14. The lowest BCUT2D eigenvalue weighted by atomic mass is 10.3. The molecule has 0 unspecified atom stereocenters. The molecule has 0 bridgehead atoms. The Morgan fingerprint density at radius 2 is 1.88 bits per heavy atom. The lowest BCUT2D eigenvalue weighted by molar-refractivity contribution is -0.385. The third kappa shape index (κ3) is 3.67. The lowest BCUT2D eigenvalue weighted by Crippen LogP contribution is -2.32. The van der Waals surface area contributed by atoms with Crippen molar-refractivity contribution in [1.29, 1.82) is 5.26 Å². The van der Waals surface area contributed by atoms with Crippen LogP contribution in [0.25, 0.3) is 0 Å². The molecule has 0 amide bonds. The molecule has 9 heteroatoms. The first-order valence-corrected chi connectivity index (χ1v) is 8.20. The second-order valence-corrected chi connectivity index (χ2v) is 6.58. The molecule has 0 saturated carbocycles. The third-order valence-electron chi connectivity index (χ3n) is 3.16. The zero-order chi connectivity index (χ0) is 17.7. The molecule has 0 saturated heterocycles. The Kier molecular flexibility index (Phi) is 5.11. The van der Waals surface area contributed by atoms with E-state index in [2.05, 4.69) is 0 Å². The van der Waals surface area contributed by atoms with Gasteiger partial charge in [-0.2, -0.15) is 5.26 Å². The van der Waals surface area contributed by atoms with Gasteiger partial charge in [-0.15, -0.1) is 0 Å². The monoisotopic (exact) mass is 349 g/mol. The van der Waals surface area contributed by atoms with Gasteiger partial charge >= 0.3 is 0 Å². The number of nitrogens with zero attached hydrogens (tertiary/aromatic N) is 3. The van der Waals surface area contributed by atoms with Crippen LogP contribution >= 0.6 is 0 Å². The summed E-state index contributed by atoms with van der Waals surface area (Å²) in [4.78, 5) is 9.87. The van der Waals surface area contributed by atoms with Crippen LogP contribution in [0.5, 0.6) is 0 Å². The topological polar surface area (TPSA) is 104 Å². The highest BCUT2D eigenvalue weighted by Gasteiger charge is 2.26. The van der Waals surface area contributed by atoms with Gasteiger partial charge in [0.05, 0.1) is 28.0 Å². The van der Waals surface area contributed by atoms with E-state index in [-0.39, 0.29) is 29.2 Å². The van der Waals surface area contributed by atoms with Crippen LogP contribution < -0.4 is 4.31 Å². The number of hydrogen-bond donors (Lipinski definition) is 0. The molecule has 0 atom stereocenters. The number of nitro benzene ring substituents is 1. The molecule has 0 heterocycles. The number of sulfonamides is 1. The van der Waals surface area contributed by atoms with E-state index in [0.29, 0.717) is 0 Å². The van der Waals surface area contributed by atoms with E-state index in [0.717, 1.165) is 22.5 Å².